The first kappa shape index (κ1) is 19.2. The normalized spacial score (nSPS) is 16.3. The zero-order valence-corrected chi connectivity index (χ0v) is 15.1. The maximum atomic E-state index is 12.0. The molecule has 0 aromatic heterocycles. The van der Waals surface area contributed by atoms with Gasteiger partial charge in [0.05, 0.1) is 19.8 Å². The van der Waals surface area contributed by atoms with E-state index in [1.807, 2.05) is 13.8 Å². The summed E-state index contributed by atoms with van der Waals surface area (Å²) in [5.74, 6) is -0.488. The van der Waals surface area contributed by atoms with Crippen molar-refractivity contribution in [2.75, 3.05) is 30.4 Å². The summed E-state index contributed by atoms with van der Waals surface area (Å²) >= 11 is 0. The van der Waals surface area contributed by atoms with Crippen molar-refractivity contribution >= 4 is 23.3 Å². The minimum atomic E-state index is -0.778. The summed E-state index contributed by atoms with van der Waals surface area (Å²) in [5, 5.41) is 8.30. The molecular formula is C18H27N3O4. The van der Waals surface area contributed by atoms with Crippen LogP contribution in [0.4, 0.5) is 16.2 Å². The molecule has 3 N–H and O–H groups in total. The van der Waals surface area contributed by atoms with Crippen molar-refractivity contribution < 1.29 is 19.1 Å². The van der Waals surface area contributed by atoms with Crippen molar-refractivity contribution in [2.45, 2.75) is 39.4 Å². The molecule has 1 aromatic rings. The first-order valence-corrected chi connectivity index (χ1v) is 8.59. The van der Waals surface area contributed by atoms with E-state index in [0.717, 1.165) is 6.42 Å². The average Bonchev–Trinajstić information content (AvgIpc) is 2.55. The highest BCUT2D eigenvalue weighted by Gasteiger charge is 2.29. The van der Waals surface area contributed by atoms with Crippen molar-refractivity contribution in [1.82, 2.24) is 5.32 Å². The van der Waals surface area contributed by atoms with Crippen LogP contribution in [0.3, 0.4) is 0 Å². The third-order valence-electron chi connectivity index (χ3n) is 3.69. The van der Waals surface area contributed by atoms with Crippen LogP contribution in [0.1, 0.15) is 33.6 Å². The Morgan fingerprint density at radius 2 is 1.64 bits per heavy atom. The smallest absolute Gasteiger partial charge is 0.319 e. The molecule has 138 valence electrons. The van der Waals surface area contributed by atoms with Crippen LogP contribution in [0.15, 0.2) is 24.3 Å². The lowest BCUT2D eigenvalue weighted by atomic mass is 10.1. The minimum absolute atomic E-state index is 0.0193. The van der Waals surface area contributed by atoms with Crippen LogP contribution in [0.25, 0.3) is 0 Å². The fourth-order valence-corrected chi connectivity index (χ4v) is 2.41. The number of carbonyl (C=O) groups is 2. The summed E-state index contributed by atoms with van der Waals surface area (Å²) in [7, 11) is 0. The number of rotatable bonds is 6. The molecule has 1 fully saturated rings. The van der Waals surface area contributed by atoms with Gasteiger partial charge >= 0.3 is 6.03 Å². The van der Waals surface area contributed by atoms with E-state index in [0.29, 0.717) is 36.9 Å². The second-order valence-corrected chi connectivity index (χ2v) is 6.72. The van der Waals surface area contributed by atoms with Gasteiger partial charge in [-0.05, 0) is 43.5 Å². The van der Waals surface area contributed by atoms with E-state index >= 15 is 0 Å². The molecule has 0 spiro atoms. The molecule has 1 aliphatic rings. The molecule has 1 aromatic carbocycles. The van der Waals surface area contributed by atoms with E-state index in [9.17, 15) is 9.59 Å². The third-order valence-corrected chi connectivity index (χ3v) is 3.69. The maximum Gasteiger partial charge on any atom is 0.319 e. The Hall–Kier alpha value is -2.12. The van der Waals surface area contributed by atoms with Crippen LogP contribution in [0, 0.1) is 5.92 Å². The molecular weight excluding hydrogens is 322 g/mol. The van der Waals surface area contributed by atoms with Crippen LogP contribution in [0.2, 0.25) is 0 Å². The van der Waals surface area contributed by atoms with E-state index in [2.05, 4.69) is 16.0 Å². The predicted molar refractivity (Wildman–Crippen MR) is 96.5 cm³/mol. The Balaban J connectivity index is 1.78. The number of amides is 3. The molecule has 0 saturated carbocycles. The van der Waals surface area contributed by atoms with Crippen molar-refractivity contribution in [2.24, 2.45) is 5.92 Å². The van der Waals surface area contributed by atoms with Crippen LogP contribution >= 0.6 is 0 Å². The van der Waals surface area contributed by atoms with E-state index in [-0.39, 0.29) is 18.5 Å². The number of hydrogen-bond donors (Lipinski definition) is 3. The van der Waals surface area contributed by atoms with E-state index in [4.69, 9.17) is 9.47 Å². The van der Waals surface area contributed by atoms with E-state index in [1.54, 1.807) is 31.2 Å². The highest BCUT2D eigenvalue weighted by molar-refractivity contribution is 5.92. The highest BCUT2D eigenvalue weighted by atomic mass is 16.7. The van der Waals surface area contributed by atoms with Gasteiger partial charge in [0.2, 0.25) is 5.91 Å². The summed E-state index contributed by atoms with van der Waals surface area (Å²) in [5.41, 5.74) is 1.34. The first-order chi connectivity index (χ1) is 11.9. The average molecular weight is 349 g/mol. The fraction of sp³-hybridized carbons (Fsp3) is 0.556. The Kier molecular flexibility index (Phi) is 6.78. The molecule has 0 bridgehead atoms. The van der Waals surface area contributed by atoms with Crippen molar-refractivity contribution in [3.05, 3.63) is 24.3 Å². The van der Waals surface area contributed by atoms with Crippen molar-refractivity contribution in [3.63, 3.8) is 0 Å². The lowest BCUT2D eigenvalue weighted by molar-refractivity contribution is -0.250. The van der Waals surface area contributed by atoms with Gasteiger partial charge in [0.15, 0.2) is 5.79 Å². The number of benzene rings is 1. The van der Waals surface area contributed by atoms with Gasteiger partial charge in [-0.3, -0.25) is 4.79 Å². The van der Waals surface area contributed by atoms with E-state index < -0.39 is 5.79 Å². The monoisotopic (exact) mass is 349 g/mol. The molecule has 2 rings (SSSR count). The molecule has 1 aliphatic heterocycles. The van der Waals surface area contributed by atoms with Gasteiger partial charge in [-0.2, -0.15) is 0 Å². The Morgan fingerprint density at radius 3 is 2.20 bits per heavy atom. The quantitative estimate of drug-likeness (QED) is 0.737. The second kappa shape index (κ2) is 8.82. The Labute approximate surface area is 148 Å². The minimum Gasteiger partial charge on any atom is -0.348 e. The molecule has 0 unspecified atom stereocenters. The van der Waals surface area contributed by atoms with Crippen LogP contribution in [-0.4, -0.2) is 37.5 Å². The van der Waals surface area contributed by atoms with E-state index in [1.165, 1.54) is 0 Å². The van der Waals surface area contributed by atoms with Gasteiger partial charge in [-0.25, -0.2) is 4.79 Å². The van der Waals surface area contributed by atoms with Gasteiger partial charge < -0.3 is 25.4 Å². The molecule has 1 saturated heterocycles. The summed E-state index contributed by atoms with van der Waals surface area (Å²) in [6.07, 6.45) is 1.34. The fourth-order valence-electron chi connectivity index (χ4n) is 2.41. The molecule has 3 amide bonds. The number of hydrogen-bond acceptors (Lipinski definition) is 4. The SMILES string of the molecule is CC(C)CC(=O)Nc1ccc(NC(=O)NCC2(C)OCCCO2)cc1. The molecule has 7 nitrogen and oxygen atoms in total. The van der Waals surface area contributed by atoms with Crippen LogP contribution in [0.5, 0.6) is 0 Å². The van der Waals surface area contributed by atoms with Gasteiger partial charge in [0.25, 0.3) is 0 Å². The first-order valence-electron chi connectivity index (χ1n) is 8.59. The zero-order valence-electron chi connectivity index (χ0n) is 15.1. The molecule has 0 aliphatic carbocycles. The molecule has 0 atom stereocenters. The molecule has 0 radical (unpaired) electrons. The number of nitrogens with one attached hydrogen (secondary N) is 3. The lowest BCUT2D eigenvalue weighted by Gasteiger charge is -2.33. The summed E-state index contributed by atoms with van der Waals surface area (Å²) in [4.78, 5) is 23.7. The Morgan fingerprint density at radius 1 is 1.08 bits per heavy atom. The van der Waals surface area contributed by atoms with Gasteiger partial charge in [-0.15, -0.1) is 0 Å². The van der Waals surface area contributed by atoms with Crippen LogP contribution < -0.4 is 16.0 Å². The number of carbonyl (C=O) groups excluding carboxylic acids is 2. The predicted octanol–water partition coefficient (Wildman–Crippen LogP) is 2.95. The van der Waals surface area contributed by atoms with Gasteiger partial charge in [0, 0.05) is 17.8 Å². The second-order valence-electron chi connectivity index (χ2n) is 6.72. The highest BCUT2D eigenvalue weighted by Crippen LogP contribution is 2.17. The summed E-state index contributed by atoms with van der Waals surface area (Å²) in [6, 6.07) is 6.64. The zero-order chi connectivity index (χ0) is 18.3. The van der Waals surface area contributed by atoms with Gasteiger partial charge in [-0.1, -0.05) is 13.8 Å². The largest absolute Gasteiger partial charge is 0.348 e. The van der Waals surface area contributed by atoms with Crippen molar-refractivity contribution in [1.29, 1.82) is 0 Å². The van der Waals surface area contributed by atoms with Gasteiger partial charge in [0.1, 0.15) is 0 Å². The number of urea groups is 1. The summed E-state index contributed by atoms with van der Waals surface area (Å²) in [6.45, 7) is 7.32. The van der Waals surface area contributed by atoms with Crippen molar-refractivity contribution in [3.8, 4) is 0 Å². The number of anilines is 2. The summed E-state index contributed by atoms with van der Waals surface area (Å²) < 4.78 is 11.1. The Bertz CT molecular complexity index is 580. The third kappa shape index (κ3) is 6.72. The molecule has 1 heterocycles. The molecule has 25 heavy (non-hydrogen) atoms. The molecule has 7 heteroatoms. The number of ether oxygens (including phenoxy) is 2. The lowest BCUT2D eigenvalue weighted by Crippen LogP contribution is -2.48. The standard InChI is InChI=1S/C18H27N3O4/c1-13(2)11-16(22)20-14-5-7-15(8-6-14)21-17(23)19-12-18(3)24-9-4-10-25-18/h5-8,13H,4,9-12H2,1-3H3,(H,20,22)(H2,19,21,23). The van der Waals surface area contributed by atoms with Crippen LogP contribution in [-0.2, 0) is 14.3 Å². The maximum absolute atomic E-state index is 12.0. The topological polar surface area (TPSA) is 88.7 Å².